The van der Waals surface area contributed by atoms with Gasteiger partial charge in [0.2, 0.25) is 0 Å². The van der Waals surface area contributed by atoms with Crippen LogP contribution in [-0.4, -0.2) is 35.8 Å². The zero-order chi connectivity index (χ0) is 12.3. The molecule has 0 aliphatic carbocycles. The lowest BCUT2D eigenvalue weighted by atomic mass is 10.2. The van der Waals surface area contributed by atoms with Gasteiger partial charge in [-0.2, -0.15) is 4.31 Å². The Bertz CT molecular complexity index is 435. The predicted octanol–water partition coefficient (Wildman–Crippen LogP) is 1.53. The zero-order valence-corrected chi connectivity index (χ0v) is 11.0. The number of H-pyrrole nitrogens is 1. The van der Waals surface area contributed by atoms with Gasteiger partial charge < -0.3 is 4.98 Å². The van der Waals surface area contributed by atoms with Crippen molar-refractivity contribution in [1.82, 2.24) is 14.3 Å². The number of aryl methyl sites for hydroxylation is 1. The van der Waals surface area contributed by atoms with E-state index < -0.39 is 10.0 Å². The summed E-state index contributed by atoms with van der Waals surface area (Å²) in [5.74, 6) is 0.608. The van der Waals surface area contributed by atoms with Gasteiger partial charge in [0.1, 0.15) is 5.82 Å². The molecular weight excluding hydrogens is 226 g/mol. The number of aromatic amines is 1. The van der Waals surface area contributed by atoms with Crippen molar-refractivity contribution < 1.29 is 8.42 Å². The molecule has 0 aliphatic rings. The van der Waals surface area contributed by atoms with Crippen molar-refractivity contribution in [2.75, 3.05) is 7.05 Å². The maximum Gasteiger partial charge on any atom is 0.260 e. The second-order valence-corrected chi connectivity index (χ2v) is 5.79. The van der Waals surface area contributed by atoms with Gasteiger partial charge in [0.05, 0.1) is 6.20 Å². The summed E-state index contributed by atoms with van der Waals surface area (Å²) < 4.78 is 25.7. The molecule has 0 aromatic carbocycles. The molecule has 6 heteroatoms. The van der Waals surface area contributed by atoms with E-state index in [2.05, 4.69) is 9.97 Å². The van der Waals surface area contributed by atoms with Crippen LogP contribution in [0.5, 0.6) is 0 Å². The molecule has 0 bridgehead atoms. The van der Waals surface area contributed by atoms with Gasteiger partial charge in [-0.3, -0.25) is 0 Å². The fourth-order valence-corrected chi connectivity index (χ4v) is 3.15. The van der Waals surface area contributed by atoms with Crippen LogP contribution >= 0.6 is 0 Å². The third kappa shape index (κ3) is 2.44. The summed E-state index contributed by atoms with van der Waals surface area (Å²) in [6, 6.07) is 0.0357. The van der Waals surface area contributed by atoms with Gasteiger partial charge >= 0.3 is 0 Å². The standard InChI is InChI=1S/C10H19N3O2S/c1-5-9(6-2)13(4)16(14,15)10-7-11-8(3)12-10/h7,9H,5-6H2,1-4H3,(H,11,12). The lowest BCUT2D eigenvalue weighted by Gasteiger charge is -2.24. The van der Waals surface area contributed by atoms with E-state index >= 15 is 0 Å². The Hall–Kier alpha value is -0.880. The van der Waals surface area contributed by atoms with Crippen molar-refractivity contribution in [3.05, 3.63) is 12.0 Å². The van der Waals surface area contributed by atoms with Crippen LogP contribution < -0.4 is 0 Å². The van der Waals surface area contributed by atoms with Crippen LogP contribution in [-0.2, 0) is 10.0 Å². The Morgan fingerprint density at radius 2 is 2.00 bits per heavy atom. The van der Waals surface area contributed by atoms with E-state index in [-0.39, 0.29) is 11.1 Å². The van der Waals surface area contributed by atoms with Crippen LogP contribution in [0.2, 0.25) is 0 Å². The third-order valence-electron chi connectivity index (χ3n) is 2.79. The Morgan fingerprint density at radius 1 is 1.44 bits per heavy atom. The Balaban J connectivity index is 3.02. The van der Waals surface area contributed by atoms with Gasteiger partial charge in [-0.1, -0.05) is 13.8 Å². The molecule has 0 spiro atoms. The zero-order valence-electron chi connectivity index (χ0n) is 10.2. The molecule has 0 atom stereocenters. The Labute approximate surface area is 96.9 Å². The highest BCUT2D eigenvalue weighted by atomic mass is 32.2. The molecule has 16 heavy (non-hydrogen) atoms. The smallest absolute Gasteiger partial charge is 0.260 e. The maximum atomic E-state index is 12.2. The molecule has 0 saturated carbocycles. The number of hydrogen-bond donors (Lipinski definition) is 1. The molecule has 1 heterocycles. The predicted molar refractivity (Wildman–Crippen MR) is 62.6 cm³/mol. The fraction of sp³-hybridized carbons (Fsp3) is 0.700. The highest BCUT2D eigenvalue weighted by Gasteiger charge is 2.27. The topological polar surface area (TPSA) is 66.1 Å². The highest BCUT2D eigenvalue weighted by molar-refractivity contribution is 7.89. The van der Waals surface area contributed by atoms with Crippen LogP contribution in [0.1, 0.15) is 32.5 Å². The number of sulfonamides is 1. The van der Waals surface area contributed by atoms with E-state index in [1.807, 2.05) is 13.8 Å². The summed E-state index contributed by atoms with van der Waals surface area (Å²) in [5, 5.41) is 0.166. The summed E-state index contributed by atoms with van der Waals surface area (Å²) in [5.41, 5.74) is 0. The molecule has 1 rings (SSSR count). The minimum atomic E-state index is -3.43. The van der Waals surface area contributed by atoms with Crippen molar-refractivity contribution in [2.45, 2.75) is 44.7 Å². The van der Waals surface area contributed by atoms with E-state index in [1.54, 1.807) is 14.0 Å². The van der Waals surface area contributed by atoms with Gasteiger partial charge in [-0.05, 0) is 19.8 Å². The highest BCUT2D eigenvalue weighted by Crippen LogP contribution is 2.17. The summed E-state index contributed by atoms with van der Waals surface area (Å²) in [4.78, 5) is 6.67. The summed E-state index contributed by atoms with van der Waals surface area (Å²) in [6.07, 6.45) is 2.97. The van der Waals surface area contributed by atoms with Gasteiger partial charge in [0, 0.05) is 13.1 Å². The monoisotopic (exact) mass is 245 g/mol. The van der Waals surface area contributed by atoms with Crippen LogP contribution in [0, 0.1) is 6.92 Å². The number of aromatic nitrogens is 2. The van der Waals surface area contributed by atoms with E-state index in [0.717, 1.165) is 12.8 Å². The van der Waals surface area contributed by atoms with Gasteiger partial charge in [0.25, 0.3) is 10.0 Å². The molecule has 0 aliphatic heterocycles. The first-order valence-electron chi connectivity index (χ1n) is 5.43. The average Bonchev–Trinajstić information content (AvgIpc) is 2.67. The largest absolute Gasteiger partial charge is 0.332 e. The molecule has 92 valence electrons. The summed E-state index contributed by atoms with van der Waals surface area (Å²) in [7, 11) is -1.81. The molecule has 0 fully saturated rings. The molecular formula is C10H19N3O2S. The number of nitrogens with zero attached hydrogens (tertiary/aromatic N) is 2. The SMILES string of the molecule is CCC(CC)N(C)S(=O)(=O)c1cnc(C)[nH]1. The lowest BCUT2D eigenvalue weighted by molar-refractivity contribution is 0.348. The minimum absolute atomic E-state index is 0.0357. The van der Waals surface area contributed by atoms with E-state index in [9.17, 15) is 8.42 Å². The number of imidazole rings is 1. The van der Waals surface area contributed by atoms with Crippen molar-refractivity contribution in [3.63, 3.8) is 0 Å². The average molecular weight is 245 g/mol. The molecule has 1 N–H and O–H groups in total. The molecule has 1 aromatic heterocycles. The maximum absolute atomic E-state index is 12.2. The van der Waals surface area contributed by atoms with Crippen molar-refractivity contribution in [3.8, 4) is 0 Å². The number of rotatable bonds is 5. The fourth-order valence-electron chi connectivity index (χ4n) is 1.68. The van der Waals surface area contributed by atoms with Crippen molar-refractivity contribution >= 4 is 10.0 Å². The first-order chi connectivity index (χ1) is 7.43. The van der Waals surface area contributed by atoms with E-state index in [1.165, 1.54) is 10.5 Å². The molecule has 0 radical (unpaired) electrons. The van der Waals surface area contributed by atoms with Gasteiger partial charge in [0.15, 0.2) is 5.03 Å². The second-order valence-electron chi connectivity index (χ2n) is 3.82. The number of hydrogen-bond acceptors (Lipinski definition) is 3. The Kier molecular flexibility index (Phi) is 4.09. The Morgan fingerprint density at radius 3 is 2.38 bits per heavy atom. The molecule has 0 amide bonds. The minimum Gasteiger partial charge on any atom is -0.332 e. The quantitative estimate of drug-likeness (QED) is 0.855. The lowest BCUT2D eigenvalue weighted by Crippen LogP contribution is -2.36. The summed E-state index contributed by atoms with van der Waals surface area (Å²) >= 11 is 0. The van der Waals surface area contributed by atoms with Crippen molar-refractivity contribution in [1.29, 1.82) is 0 Å². The van der Waals surface area contributed by atoms with Crippen LogP contribution in [0.15, 0.2) is 11.2 Å². The van der Waals surface area contributed by atoms with Gasteiger partial charge in [-0.15, -0.1) is 0 Å². The van der Waals surface area contributed by atoms with Crippen LogP contribution in [0.3, 0.4) is 0 Å². The number of nitrogens with one attached hydrogen (secondary N) is 1. The van der Waals surface area contributed by atoms with Gasteiger partial charge in [-0.25, -0.2) is 13.4 Å². The van der Waals surface area contributed by atoms with E-state index in [0.29, 0.717) is 5.82 Å². The molecule has 1 aromatic rings. The summed E-state index contributed by atoms with van der Waals surface area (Å²) in [6.45, 7) is 5.70. The van der Waals surface area contributed by atoms with Crippen LogP contribution in [0.25, 0.3) is 0 Å². The molecule has 0 saturated heterocycles. The van der Waals surface area contributed by atoms with Crippen molar-refractivity contribution in [2.24, 2.45) is 0 Å². The molecule has 5 nitrogen and oxygen atoms in total. The first-order valence-corrected chi connectivity index (χ1v) is 6.87. The van der Waals surface area contributed by atoms with Crippen LogP contribution in [0.4, 0.5) is 0 Å². The van der Waals surface area contributed by atoms with E-state index in [4.69, 9.17) is 0 Å². The molecule has 0 unspecified atom stereocenters. The first kappa shape index (κ1) is 13.2. The third-order valence-corrected chi connectivity index (χ3v) is 4.61. The normalized spacial score (nSPS) is 12.6. The second kappa shape index (κ2) is 4.97.